The van der Waals surface area contributed by atoms with Crippen molar-refractivity contribution in [3.05, 3.63) is 50.6 Å². The van der Waals surface area contributed by atoms with E-state index in [9.17, 15) is 14.9 Å². The lowest BCUT2D eigenvalue weighted by Gasteiger charge is -2.22. The molecule has 1 atom stereocenters. The maximum atomic E-state index is 13.9. The van der Waals surface area contributed by atoms with Crippen molar-refractivity contribution in [1.29, 1.82) is 5.26 Å². The smallest absolute Gasteiger partial charge is 0.267 e. The van der Waals surface area contributed by atoms with Crippen LogP contribution in [0, 0.1) is 24.2 Å². The molecule has 34 heavy (non-hydrogen) atoms. The summed E-state index contributed by atoms with van der Waals surface area (Å²) in [6.45, 7) is 3.77. The van der Waals surface area contributed by atoms with Gasteiger partial charge in [0.05, 0.1) is 22.9 Å². The van der Waals surface area contributed by atoms with Crippen LogP contribution in [-0.2, 0) is 17.6 Å². The second kappa shape index (κ2) is 9.20. The normalized spacial score (nSPS) is 17.4. The first kappa shape index (κ1) is 23.1. The molecule has 2 aromatic heterocycles. The summed E-state index contributed by atoms with van der Waals surface area (Å²) >= 11 is 2.89. The monoisotopic (exact) mass is 492 g/mol. The van der Waals surface area contributed by atoms with Gasteiger partial charge < -0.3 is 5.32 Å². The van der Waals surface area contributed by atoms with E-state index in [-0.39, 0.29) is 23.1 Å². The second-order valence-electron chi connectivity index (χ2n) is 9.49. The number of hydrogen-bond donors (Lipinski definition) is 1. The Hall–Kier alpha value is -2.63. The first-order valence-electron chi connectivity index (χ1n) is 11.9. The van der Waals surface area contributed by atoms with Crippen LogP contribution in [0.5, 0.6) is 0 Å². The summed E-state index contributed by atoms with van der Waals surface area (Å²) in [4.78, 5) is 33.7. The van der Waals surface area contributed by atoms with Crippen LogP contribution in [0.15, 0.2) is 34.2 Å². The number of carbonyl (C=O) groups excluding carboxylic acids is 1. The lowest BCUT2D eigenvalue weighted by Crippen LogP contribution is -2.47. The van der Waals surface area contributed by atoms with E-state index in [0.717, 1.165) is 60.0 Å². The first-order valence-corrected chi connectivity index (χ1v) is 13.7. The van der Waals surface area contributed by atoms with E-state index in [1.807, 2.05) is 31.2 Å². The number of para-hydroxylation sites is 1. The van der Waals surface area contributed by atoms with Crippen LogP contribution in [0.3, 0.4) is 0 Å². The van der Waals surface area contributed by atoms with Crippen molar-refractivity contribution in [2.24, 2.45) is 5.92 Å². The Labute approximate surface area is 207 Å². The van der Waals surface area contributed by atoms with Gasteiger partial charge >= 0.3 is 0 Å². The van der Waals surface area contributed by atoms with Gasteiger partial charge in [0.2, 0.25) is 5.91 Å². The highest BCUT2D eigenvalue weighted by Crippen LogP contribution is 2.39. The molecule has 2 aliphatic rings. The third kappa shape index (κ3) is 4.27. The van der Waals surface area contributed by atoms with Crippen molar-refractivity contribution in [2.45, 2.75) is 69.5 Å². The zero-order valence-electron chi connectivity index (χ0n) is 19.5. The van der Waals surface area contributed by atoms with Crippen molar-refractivity contribution in [3.8, 4) is 11.8 Å². The molecule has 0 saturated heterocycles. The molecule has 3 aromatic rings. The third-order valence-electron chi connectivity index (χ3n) is 6.92. The molecule has 1 aromatic carbocycles. The number of amides is 1. The number of thiophene rings is 1. The summed E-state index contributed by atoms with van der Waals surface area (Å²) < 4.78 is 1.68. The van der Waals surface area contributed by atoms with Crippen molar-refractivity contribution in [1.82, 2.24) is 14.9 Å². The molecule has 2 aliphatic carbocycles. The number of aryl methyl sites for hydroxylation is 3. The Balaban J connectivity index is 1.54. The van der Waals surface area contributed by atoms with E-state index >= 15 is 0 Å². The lowest BCUT2D eigenvalue weighted by molar-refractivity contribution is -0.119. The number of rotatable bonds is 6. The molecule has 1 unspecified atom stereocenters. The van der Waals surface area contributed by atoms with Crippen LogP contribution in [-0.4, -0.2) is 26.8 Å². The SMILES string of the molecule is Cc1ccccc1-n1c(SCC(=O)NC(C)(C#N)C2CC2)nc2sc3c(c2c1=O)CCCCC3. The number of benzene rings is 1. The zero-order chi connectivity index (χ0) is 23.9. The van der Waals surface area contributed by atoms with Gasteiger partial charge in [-0.1, -0.05) is 36.4 Å². The maximum absolute atomic E-state index is 13.9. The Kier molecular flexibility index (Phi) is 6.26. The standard InChI is InChI=1S/C26H28N4O2S2/c1-16-8-6-7-10-19(16)30-24(32)22-18-9-4-3-5-11-20(18)34-23(22)28-25(30)33-14-21(31)29-26(2,15-27)17-12-13-17/h6-8,10,17H,3-5,9,11-14H2,1-2H3,(H,29,31). The summed E-state index contributed by atoms with van der Waals surface area (Å²) in [6.07, 6.45) is 7.27. The summed E-state index contributed by atoms with van der Waals surface area (Å²) in [6, 6.07) is 10.1. The van der Waals surface area contributed by atoms with Gasteiger partial charge in [-0.3, -0.25) is 14.2 Å². The molecule has 5 rings (SSSR count). The van der Waals surface area contributed by atoms with Gasteiger partial charge in [0.15, 0.2) is 5.16 Å². The first-order chi connectivity index (χ1) is 16.4. The molecule has 1 fully saturated rings. The summed E-state index contributed by atoms with van der Waals surface area (Å²) in [5.74, 6) is 0.0972. The van der Waals surface area contributed by atoms with E-state index in [4.69, 9.17) is 4.98 Å². The van der Waals surface area contributed by atoms with Gasteiger partial charge in [0.25, 0.3) is 5.56 Å². The summed E-state index contributed by atoms with van der Waals surface area (Å²) in [5.41, 5.74) is 2.04. The molecule has 176 valence electrons. The molecule has 1 N–H and O–H groups in total. The molecule has 0 aliphatic heterocycles. The molecule has 0 bridgehead atoms. The van der Waals surface area contributed by atoms with Crippen LogP contribution in [0.4, 0.5) is 0 Å². The highest BCUT2D eigenvalue weighted by Gasteiger charge is 2.43. The quantitative estimate of drug-likeness (QED) is 0.300. The number of nitriles is 1. The van der Waals surface area contributed by atoms with Crippen LogP contribution in [0.2, 0.25) is 0 Å². The largest absolute Gasteiger partial charge is 0.337 e. The van der Waals surface area contributed by atoms with Crippen molar-refractivity contribution < 1.29 is 4.79 Å². The lowest BCUT2D eigenvalue weighted by atomic mass is 9.98. The average molecular weight is 493 g/mol. The predicted octanol–water partition coefficient (Wildman–Crippen LogP) is 4.93. The molecule has 0 radical (unpaired) electrons. The molecule has 1 amide bonds. The number of carbonyl (C=O) groups is 1. The molecule has 1 saturated carbocycles. The van der Waals surface area contributed by atoms with E-state index in [1.54, 1.807) is 22.8 Å². The van der Waals surface area contributed by atoms with Crippen molar-refractivity contribution in [3.63, 3.8) is 0 Å². The number of aromatic nitrogens is 2. The van der Waals surface area contributed by atoms with Gasteiger partial charge in [-0.25, -0.2) is 4.98 Å². The minimum atomic E-state index is -0.837. The Bertz CT molecular complexity index is 1370. The van der Waals surface area contributed by atoms with E-state index in [2.05, 4.69) is 11.4 Å². The summed E-state index contributed by atoms with van der Waals surface area (Å²) in [7, 11) is 0. The Morgan fingerprint density at radius 1 is 1.29 bits per heavy atom. The van der Waals surface area contributed by atoms with Gasteiger partial charge in [0.1, 0.15) is 10.4 Å². The van der Waals surface area contributed by atoms with Gasteiger partial charge in [0, 0.05) is 4.88 Å². The number of thioether (sulfide) groups is 1. The molecule has 6 nitrogen and oxygen atoms in total. The number of fused-ring (bicyclic) bond motifs is 3. The van der Waals surface area contributed by atoms with Gasteiger partial charge in [-0.05, 0) is 75.5 Å². The van der Waals surface area contributed by atoms with Crippen LogP contribution in [0.1, 0.15) is 55.0 Å². The minimum absolute atomic E-state index is 0.0542. The van der Waals surface area contributed by atoms with E-state index in [0.29, 0.717) is 5.16 Å². The molecule has 0 spiro atoms. The highest BCUT2D eigenvalue weighted by molar-refractivity contribution is 7.99. The third-order valence-corrected chi connectivity index (χ3v) is 9.05. The molecule has 8 heteroatoms. The molecular weight excluding hydrogens is 464 g/mol. The fourth-order valence-corrected chi connectivity index (χ4v) is 6.93. The average Bonchev–Trinajstić information content (AvgIpc) is 3.65. The van der Waals surface area contributed by atoms with Crippen molar-refractivity contribution in [2.75, 3.05) is 5.75 Å². The fraction of sp³-hybridized carbons (Fsp3) is 0.462. The van der Waals surface area contributed by atoms with E-state index < -0.39 is 5.54 Å². The fourth-order valence-electron chi connectivity index (χ4n) is 4.82. The topological polar surface area (TPSA) is 87.8 Å². The Morgan fingerprint density at radius 3 is 2.79 bits per heavy atom. The minimum Gasteiger partial charge on any atom is -0.337 e. The number of nitrogens with zero attached hydrogens (tertiary/aromatic N) is 3. The van der Waals surface area contributed by atoms with Gasteiger partial charge in [-0.2, -0.15) is 5.26 Å². The van der Waals surface area contributed by atoms with Crippen LogP contribution < -0.4 is 10.9 Å². The number of nitrogens with one attached hydrogen (secondary N) is 1. The molecule has 2 heterocycles. The number of hydrogen-bond acceptors (Lipinski definition) is 6. The summed E-state index contributed by atoms with van der Waals surface area (Å²) in [5, 5.41) is 13.7. The second-order valence-corrected chi connectivity index (χ2v) is 11.5. The van der Waals surface area contributed by atoms with Crippen LogP contribution >= 0.6 is 23.1 Å². The Morgan fingerprint density at radius 2 is 2.06 bits per heavy atom. The van der Waals surface area contributed by atoms with E-state index in [1.165, 1.54) is 28.6 Å². The van der Waals surface area contributed by atoms with Gasteiger partial charge in [-0.15, -0.1) is 11.3 Å². The van der Waals surface area contributed by atoms with Crippen molar-refractivity contribution >= 4 is 39.2 Å². The highest BCUT2D eigenvalue weighted by atomic mass is 32.2. The molecular formula is C26H28N4O2S2. The van der Waals surface area contributed by atoms with Crippen LogP contribution in [0.25, 0.3) is 15.9 Å². The maximum Gasteiger partial charge on any atom is 0.267 e. The zero-order valence-corrected chi connectivity index (χ0v) is 21.2. The predicted molar refractivity (Wildman–Crippen MR) is 137 cm³/mol.